The van der Waals surface area contributed by atoms with Crippen molar-refractivity contribution in [1.29, 1.82) is 0 Å². The SMILES string of the molecule is NC(c1ccsc1)c1cccc(OCc2ccccc2)c1. The van der Waals surface area contributed by atoms with E-state index < -0.39 is 0 Å². The fraction of sp³-hybridized carbons (Fsp3) is 0.111. The second-order valence-corrected chi connectivity index (χ2v) is 5.66. The molecule has 21 heavy (non-hydrogen) atoms. The maximum atomic E-state index is 6.29. The highest BCUT2D eigenvalue weighted by molar-refractivity contribution is 7.08. The van der Waals surface area contributed by atoms with Gasteiger partial charge in [-0.15, -0.1) is 0 Å². The zero-order valence-corrected chi connectivity index (χ0v) is 12.4. The minimum Gasteiger partial charge on any atom is -0.489 e. The Morgan fingerprint density at radius 1 is 0.952 bits per heavy atom. The number of hydrogen-bond acceptors (Lipinski definition) is 3. The number of hydrogen-bond donors (Lipinski definition) is 1. The van der Waals surface area contributed by atoms with Crippen molar-refractivity contribution in [3.63, 3.8) is 0 Å². The van der Waals surface area contributed by atoms with Crippen LogP contribution in [0.25, 0.3) is 0 Å². The molecule has 1 unspecified atom stereocenters. The number of benzene rings is 2. The summed E-state index contributed by atoms with van der Waals surface area (Å²) in [5, 5.41) is 4.13. The maximum Gasteiger partial charge on any atom is 0.120 e. The lowest BCUT2D eigenvalue weighted by Gasteiger charge is -2.13. The van der Waals surface area contributed by atoms with Crippen molar-refractivity contribution in [1.82, 2.24) is 0 Å². The molecule has 0 amide bonds. The van der Waals surface area contributed by atoms with Crippen molar-refractivity contribution in [2.24, 2.45) is 5.73 Å². The van der Waals surface area contributed by atoms with Gasteiger partial charge in [0.05, 0.1) is 6.04 Å². The van der Waals surface area contributed by atoms with Crippen LogP contribution in [0.1, 0.15) is 22.7 Å². The summed E-state index contributed by atoms with van der Waals surface area (Å²) >= 11 is 1.66. The Labute approximate surface area is 128 Å². The highest BCUT2D eigenvalue weighted by Crippen LogP contribution is 2.25. The number of thiophene rings is 1. The molecule has 1 atom stereocenters. The zero-order valence-electron chi connectivity index (χ0n) is 11.6. The van der Waals surface area contributed by atoms with Crippen LogP contribution in [0.2, 0.25) is 0 Å². The van der Waals surface area contributed by atoms with E-state index >= 15 is 0 Å². The Morgan fingerprint density at radius 3 is 2.57 bits per heavy atom. The summed E-state index contributed by atoms with van der Waals surface area (Å²) in [5.41, 5.74) is 9.65. The average molecular weight is 295 g/mol. The van der Waals surface area contributed by atoms with Gasteiger partial charge in [-0.1, -0.05) is 42.5 Å². The highest BCUT2D eigenvalue weighted by Gasteiger charge is 2.10. The minimum atomic E-state index is -0.100. The van der Waals surface area contributed by atoms with Gasteiger partial charge in [0.25, 0.3) is 0 Å². The lowest BCUT2D eigenvalue weighted by Crippen LogP contribution is -2.10. The molecule has 0 radical (unpaired) electrons. The summed E-state index contributed by atoms with van der Waals surface area (Å²) in [5.74, 6) is 0.849. The van der Waals surface area contributed by atoms with E-state index in [1.807, 2.05) is 47.8 Å². The quantitative estimate of drug-likeness (QED) is 0.758. The minimum absolute atomic E-state index is 0.100. The van der Waals surface area contributed by atoms with Gasteiger partial charge in [-0.3, -0.25) is 0 Å². The molecule has 0 aliphatic heterocycles. The molecule has 3 heteroatoms. The summed E-state index contributed by atoms with van der Waals surface area (Å²) in [6.45, 7) is 0.567. The van der Waals surface area contributed by atoms with Gasteiger partial charge in [-0.25, -0.2) is 0 Å². The molecule has 2 aromatic carbocycles. The topological polar surface area (TPSA) is 35.2 Å². The predicted molar refractivity (Wildman–Crippen MR) is 87.6 cm³/mol. The molecule has 0 saturated heterocycles. The van der Waals surface area contributed by atoms with Gasteiger partial charge >= 0.3 is 0 Å². The van der Waals surface area contributed by atoms with Crippen molar-refractivity contribution in [2.45, 2.75) is 12.6 Å². The average Bonchev–Trinajstić information content (AvgIpc) is 3.08. The molecule has 2 N–H and O–H groups in total. The van der Waals surface area contributed by atoms with E-state index in [0.29, 0.717) is 6.61 Å². The van der Waals surface area contributed by atoms with Crippen LogP contribution < -0.4 is 10.5 Å². The van der Waals surface area contributed by atoms with Crippen LogP contribution in [-0.2, 0) is 6.61 Å². The molecule has 0 bridgehead atoms. The van der Waals surface area contributed by atoms with Crippen LogP contribution in [0.4, 0.5) is 0 Å². The van der Waals surface area contributed by atoms with E-state index in [-0.39, 0.29) is 6.04 Å². The van der Waals surface area contributed by atoms with Crippen molar-refractivity contribution in [3.05, 3.63) is 88.1 Å². The predicted octanol–water partition coefficient (Wildman–Crippen LogP) is 4.38. The molecule has 3 aromatic rings. The van der Waals surface area contributed by atoms with Crippen LogP contribution in [0.15, 0.2) is 71.4 Å². The summed E-state index contributed by atoms with van der Waals surface area (Å²) < 4.78 is 5.85. The summed E-state index contributed by atoms with van der Waals surface area (Å²) in [7, 11) is 0. The molecular formula is C18H17NOS. The molecule has 0 saturated carbocycles. The van der Waals surface area contributed by atoms with Gasteiger partial charge in [-0.2, -0.15) is 11.3 Å². The Bertz CT molecular complexity index is 679. The summed E-state index contributed by atoms with van der Waals surface area (Å²) in [4.78, 5) is 0. The van der Waals surface area contributed by atoms with E-state index in [2.05, 4.69) is 23.6 Å². The van der Waals surface area contributed by atoms with E-state index in [1.54, 1.807) is 11.3 Å². The third kappa shape index (κ3) is 3.51. The van der Waals surface area contributed by atoms with Crippen molar-refractivity contribution in [2.75, 3.05) is 0 Å². The fourth-order valence-electron chi connectivity index (χ4n) is 2.18. The summed E-state index contributed by atoms with van der Waals surface area (Å²) in [6.07, 6.45) is 0. The molecule has 3 rings (SSSR count). The fourth-order valence-corrected chi connectivity index (χ4v) is 2.88. The number of ether oxygens (including phenoxy) is 1. The lowest BCUT2D eigenvalue weighted by molar-refractivity contribution is 0.306. The van der Waals surface area contributed by atoms with Crippen LogP contribution in [0, 0.1) is 0 Å². The van der Waals surface area contributed by atoms with Gasteiger partial charge in [0.1, 0.15) is 12.4 Å². The Kier molecular flexibility index (Phi) is 4.34. The smallest absolute Gasteiger partial charge is 0.120 e. The van der Waals surface area contributed by atoms with E-state index in [0.717, 1.165) is 22.4 Å². The molecule has 106 valence electrons. The van der Waals surface area contributed by atoms with E-state index in [1.165, 1.54) is 0 Å². The molecule has 0 aliphatic carbocycles. The van der Waals surface area contributed by atoms with Gasteiger partial charge in [0.2, 0.25) is 0 Å². The highest BCUT2D eigenvalue weighted by atomic mass is 32.1. The zero-order chi connectivity index (χ0) is 14.5. The van der Waals surface area contributed by atoms with E-state index in [4.69, 9.17) is 10.5 Å². The lowest BCUT2D eigenvalue weighted by atomic mass is 10.0. The largest absolute Gasteiger partial charge is 0.489 e. The van der Waals surface area contributed by atoms with Crippen molar-refractivity contribution >= 4 is 11.3 Å². The van der Waals surface area contributed by atoms with Crippen LogP contribution in [0.5, 0.6) is 5.75 Å². The monoisotopic (exact) mass is 295 g/mol. The van der Waals surface area contributed by atoms with Gasteiger partial charge in [0, 0.05) is 0 Å². The third-order valence-electron chi connectivity index (χ3n) is 3.37. The first-order valence-corrected chi connectivity index (χ1v) is 7.81. The second-order valence-electron chi connectivity index (χ2n) is 4.88. The molecule has 0 aliphatic rings. The standard InChI is InChI=1S/C18H17NOS/c19-18(16-9-10-21-13-16)15-7-4-8-17(11-15)20-12-14-5-2-1-3-6-14/h1-11,13,18H,12,19H2. The maximum absolute atomic E-state index is 6.29. The molecular weight excluding hydrogens is 278 g/mol. The van der Waals surface area contributed by atoms with Crippen LogP contribution in [0.3, 0.4) is 0 Å². The molecule has 0 spiro atoms. The molecule has 2 nitrogen and oxygen atoms in total. The first kappa shape index (κ1) is 13.9. The Hall–Kier alpha value is -2.10. The number of rotatable bonds is 5. The van der Waals surface area contributed by atoms with Gasteiger partial charge < -0.3 is 10.5 Å². The molecule has 1 aromatic heterocycles. The number of nitrogens with two attached hydrogens (primary N) is 1. The van der Waals surface area contributed by atoms with Crippen LogP contribution >= 0.6 is 11.3 Å². The third-order valence-corrected chi connectivity index (χ3v) is 4.07. The van der Waals surface area contributed by atoms with Gasteiger partial charge in [-0.05, 0) is 45.6 Å². The second kappa shape index (κ2) is 6.57. The normalized spacial score (nSPS) is 12.0. The first-order valence-electron chi connectivity index (χ1n) is 6.87. The molecule has 1 heterocycles. The van der Waals surface area contributed by atoms with Gasteiger partial charge in [0.15, 0.2) is 0 Å². The summed E-state index contributed by atoms with van der Waals surface area (Å²) in [6, 6.07) is 20.1. The van der Waals surface area contributed by atoms with E-state index in [9.17, 15) is 0 Å². The Balaban J connectivity index is 1.71. The molecule has 0 fully saturated rings. The first-order chi connectivity index (χ1) is 10.3. The van der Waals surface area contributed by atoms with Crippen LogP contribution in [-0.4, -0.2) is 0 Å². The van der Waals surface area contributed by atoms with Crippen molar-refractivity contribution in [3.8, 4) is 5.75 Å². The Morgan fingerprint density at radius 2 is 1.81 bits per heavy atom. The van der Waals surface area contributed by atoms with Crippen molar-refractivity contribution < 1.29 is 4.74 Å².